The lowest BCUT2D eigenvalue weighted by Crippen LogP contribution is -2.35. The molecule has 0 aliphatic rings. The van der Waals surface area contributed by atoms with Crippen molar-refractivity contribution < 1.29 is 36.2 Å². The monoisotopic (exact) mass is 740 g/mol. The zero-order chi connectivity index (χ0) is 36.6. The van der Waals surface area contributed by atoms with Gasteiger partial charge in [0, 0.05) is 25.6 Å². The molecule has 0 spiro atoms. The lowest BCUT2D eigenvalue weighted by atomic mass is 10.0. The number of methoxy groups -OCH3 is 1. The summed E-state index contributed by atoms with van der Waals surface area (Å²) in [5.41, 5.74) is 0.0914. The Labute approximate surface area is 293 Å². The first kappa shape index (κ1) is 35.2. The summed E-state index contributed by atoms with van der Waals surface area (Å²) in [5.74, 6) is -2.66. The maximum absolute atomic E-state index is 14.4. The largest absolute Gasteiger partial charge is 0.497 e. The van der Waals surface area contributed by atoms with E-state index in [0.29, 0.717) is 11.8 Å². The van der Waals surface area contributed by atoms with Gasteiger partial charge in [0.1, 0.15) is 29.0 Å². The molecule has 0 unspecified atom stereocenters. The van der Waals surface area contributed by atoms with Crippen molar-refractivity contribution in [2.24, 2.45) is 7.05 Å². The third-order valence-electron chi connectivity index (χ3n) is 8.06. The number of sulfonamides is 1. The summed E-state index contributed by atoms with van der Waals surface area (Å²) in [6.45, 7) is 0. The first-order valence-electron chi connectivity index (χ1n) is 15.2. The summed E-state index contributed by atoms with van der Waals surface area (Å²) in [6.07, 6.45) is -1.77. The van der Waals surface area contributed by atoms with Gasteiger partial charge in [-0.15, -0.1) is 0 Å². The van der Waals surface area contributed by atoms with Crippen LogP contribution in [0.15, 0.2) is 77.6 Å². The Morgan fingerprint density at radius 2 is 1.69 bits per heavy atom. The van der Waals surface area contributed by atoms with E-state index in [2.05, 4.69) is 20.1 Å². The molecule has 0 saturated heterocycles. The molecule has 6 rings (SSSR count). The van der Waals surface area contributed by atoms with Crippen LogP contribution < -0.4 is 20.3 Å². The highest BCUT2D eigenvalue weighted by molar-refractivity contribution is 7.92. The molecule has 0 radical (unpaired) electrons. The quantitative estimate of drug-likeness (QED) is 0.149. The lowest BCUT2D eigenvalue weighted by molar-refractivity contribution is 0.189. The van der Waals surface area contributed by atoms with Gasteiger partial charge in [0.15, 0.2) is 5.82 Å². The van der Waals surface area contributed by atoms with Gasteiger partial charge in [-0.2, -0.15) is 5.10 Å². The molecule has 1 amide bonds. The molecule has 0 aliphatic heterocycles. The number of hydrogen-bond donors (Lipinski definition) is 3. The van der Waals surface area contributed by atoms with Crippen LogP contribution in [0.25, 0.3) is 27.5 Å². The molecule has 1 atom stereocenters. The highest BCUT2D eigenvalue weighted by Gasteiger charge is 2.28. The van der Waals surface area contributed by atoms with E-state index in [0.717, 1.165) is 34.4 Å². The summed E-state index contributed by atoms with van der Waals surface area (Å²) in [7, 11) is -1.01. The number of carbonyl (C=O) groups is 1. The van der Waals surface area contributed by atoms with Crippen LogP contribution in [0.1, 0.15) is 23.0 Å². The Kier molecular flexibility index (Phi) is 9.64. The Morgan fingerprint density at radius 1 is 0.980 bits per heavy atom. The highest BCUT2D eigenvalue weighted by Crippen LogP contribution is 2.36. The Balaban J connectivity index is 1.50. The van der Waals surface area contributed by atoms with Gasteiger partial charge in [-0.05, 0) is 66.1 Å². The van der Waals surface area contributed by atoms with Gasteiger partial charge >= 0.3 is 6.09 Å². The predicted octanol–water partition coefficient (Wildman–Crippen LogP) is 5.89. The van der Waals surface area contributed by atoms with Crippen molar-refractivity contribution in [3.8, 4) is 11.4 Å². The normalized spacial score (nSPS) is 12.3. The number of nitrogens with one attached hydrogen (secondary N) is 2. The summed E-state index contributed by atoms with van der Waals surface area (Å²) in [6, 6.07) is 14.2. The number of aromatic nitrogens is 4. The summed E-state index contributed by atoms with van der Waals surface area (Å²) < 4.78 is 79.2. The minimum absolute atomic E-state index is 0.0273. The van der Waals surface area contributed by atoms with Crippen LogP contribution in [0.3, 0.4) is 0 Å². The number of carboxylic acid groups (broad SMARTS) is 1. The molecule has 0 aliphatic carbocycles. The van der Waals surface area contributed by atoms with Gasteiger partial charge < -0.3 is 15.2 Å². The van der Waals surface area contributed by atoms with Gasteiger partial charge in [0.25, 0.3) is 5.56 Å². The van der Waals surface area contributed by atoms with Crippen molar-refractivity contribution in [1.82, 2.24) is 24.6 Å². The fourth-order valence-electron chi connectivity index (χ4n) is 5.82. The van der Waals surface area contributed by atoms with Crippen molar-refractivity contribution in [2.45, 2.75) is 18.9 Å². The average Bonchev–Trinajstić information content (AvgIpc) is 3.38. The molecule has 6 aromatic rings. The summed E-state index contributed by atoms with van der Waals surface area (Å²) in [5, 5.41) is 16.5. The van der Waals surface area contributed by atoms with E-state index in [1.54, 1.807) is 24.3 Å². The zero-order valence-corrected chi connectivity index (χ0v) is 28.4. The first-order chi connectivity index (χ1) is 24.2. The fraction of sp³-hybridized carbons (Fsp3) is 0.176. The Bertz CT molecular complexity index is 2470. The Morgan fingerprint density at radius 3 is 2.35 bits per heavy atom. The Hall–Kier alpha value is -5.61. The molecular weight excluding hydrogens is 713 g/mol. The second kappa shape index (κ2) is 14.0. The van der Waals surface area contributed by atoms with Gasteiger partial charge in [0.05, 0.1) is 51.4 Å². The number of rotatable bonds is 11. The number of amides is 1. The summed E-state index contributed by atoms with van der Waals surface area (Å²) in [4.78, 5) is 30.8. The molecule has 264 valence electrons. The highest BCUT2D eigenvalue weighted by atomic mass is 35.5. The topological polar surface area (TPSA) is 157 Å². The van der Waals surface area contributed by atoms with Gasteiger partial charge in [-0.3, -0.25) is 18.8 Å². The predicted molar refractivity (Wildman–Crippen MR) is 185 cm³/mol. The third-order valence-corrected chi connectivity index (χ3v) is 9.62. The fourth-order valence-corrected chi connectivity index (χ4v) is 7.10. The van der Waals surface area contributed by atoms with Gasteiger partial charge in [0.2, 0.25) is 10.0 Å². The maximum atomic E-state index is 14.4. The van der Waals surface area contributed by atoms with Crippen LogP contribution in [0.2, 0.25) is 5.02 Å². The smallest absolute Gasteiger partial charge is 0.405 e. The molecule has 17 heteroatoms. The van der Waals surface area contributed by atoms with Crippen molar-refractivity contribution in [1.29, 1.82) is 0 Å². The van der Waals surface area contributed by atoms with E-state index in [1.807, 2.05) is 0 Å². The molecule has 12 nitrogen and oxygen atoms in total. The number of aryl methyl sites for hydroxylation is 2. The van der Waals surface area contributed by atoms with Crippen LogP contribution in [0.4, 0.5) is 23.8 Å². The number of hydrogen-bond acceptors (Lipinski definition) is 7. The second-order valence-electron chi connectivity index (χ2n) is 11.5. The summed E-state index contributed by atoms with van der Waals surface area (Å²) >= 11 is 6.62. The number of anilines is 1. The molecule has 4 aromatic carbocycles. The second-order valence-corrected chi connectivity index (χ2v) is 13.8. The number of benzene rings is 4. The van der Waals surface area contributed by atoms with Crippen molar-refractivity contribution >= 4 is 55.3 Å². The standard InChI is InChI=1S/C34H28ClF3N6O6S/c1-43-30-28(10-9-25(35)29(30)31(41-43)42-51(48,49)12-11-18-3-6-23(50-2)7-4-18)44-32(39-26-17-20(36)5-8-24(26)33(44)45)27(40-34(46)47)15-19-13-21(37)16-22(38)14-19/h3-10,13-14,16-17,27,40H,11-12,15H2,1-2H3,(H,41,42)(H,46,47)/t27-/m0/s1. The number of ether oxygens (including phenoxy) is 1. The zero-order valence-electron chi connectivity index (χ0n) is 26.8. The molecule has 0 saturated carbocycles. The van der Waals surface area contributed by atoms with Crippen LogP contribution in [0, 0.1) is 17.5 Å². The van der Waals surface area contributed by atoms with E-state index < -0.39 is 45.2 Å². The molecule has 0 bridgehead atoms. The van der Waals surface area contributed by atoms with Crippen molar-refractivity contribution in [2.75, 3.05) is 17.6 Å². The molecule has 2 aromatic heterocycles. The van der Waals surface area contributed by atoms with Crippen molar-refractivity contribution in [3.63, 3.8) is 0 Å². The lowest BCUT2D eigenvalue weighted by Gasteiger charge is -2.22. The van der Waals surface area contributed by atoms with Crippen LogP contribution >= 0.6 is 11.6 Å². The number of nitrogens with zero attached hydrogens (tertiary/aromatic N) is 4. The van der Waals surface area contributed by atoms with Crippen molar-refractivity contribution in [3.05, 3.63) is 123 Å². The third kappa shape index (κ3) is 7.46. The van der Waals surface area contributed by atoms with E-state index in [4.69, 9.17) is 16.3 Å². The maximum Gasteiger partial charge on any atom is 0.405 e. The van der Waals surface area contributed by atoms with E-state index in [-0.39, 0.29) is 68.3 Å². The molecule has 2 heterocycles. The SMILES string of the molecule is COc1ccc(CCS(=O)(=O)Nc2nn(C)c3c(-n4c([C@H](Cc5cc(F)cc(F)c5)NC(=O)O)nc5cc(F)ccc5c4=O)ccc(Cl)c23)cc1. The van der Waals surface area contributed by atoms with Crippen LogP contribution in [-0.2, 0) is 29.9 Å². The van der Waals surface area contributed by atoms with Crippen LogP contribution in [-0.4, -0.2) is 51.8 Å². The van der Waals surface area contributed by atoms with Crippen LogP contribution in [0.5, 0.6) is 5.75 Å². The minimum Gasteiger partial charge on any atom is -0.497 e. The first-order valence-corrected chi connectivity index (χ1v) is 17.2. The van der Waals surface area contributed by atoms with E-state index in [1.165, 1.54) is 37.0 Å². The van der Waals surface area contributed by atoms with E-state index in [9.17, 15) is 36.3 Å². The van der Waals surface area contributed by atoms with Gasteiger partial charge in [-0.1, -0.05) is 23.7 Å². The number of fused-ring (bicyclic) bond motifs is 2. The number of halogens is 4. The molecular formula is C34H28ClF3N6O6S. The minimum atomic E-state index is -4.01. The van der Waals surface area contributed by atoms with Gasteiger partial charge in [-0.25, -0.2) is 31.4 Å². The average molecular weight is 741 g/mol. The molecule has 3 N–H and O–H groups in total. The molecule has 0 fully saturated rings. The van der Waals surface area contributed by atoms with E-state index >= 15 is 0 Å². The molecule has 51 heavy (non-hydrogen) atoms.